The van der Waals surface area contributed by atoms with Gasteiger partial charge in [0.15, 0.2) is 0 Å². The van der Waals surface area contributed by atoms with Crippen molar-refractivity contribution in [1.29, 1.82) is 0 Å². The lowest BCUT2D eigenvalue weighted by Gasteiger charge is -2.55. The molecule has 5 rings (SSSR count). The molecule has 2 atom stereocenters. The summed E-state index contributed by atoms with van der Waals surface area (Å²) < 4.78 is 13.8. The Morgan fingerprint density at radius 2 is 1.59 bits per heavy atom. The van der Waals surface area contributed by atoms with Gasteiger partial charge in [0, 0.05) is 13.1 Å². The van der Waals surface area contributed by atoms with E-state index in [0.717, 1.165) is 30.4 Å². The number of halogens is 2. The standard InChI is InChI=1S/C31H33FIN5O3/c32-26-16-14-24(15-17-26)19-34-31(41)38-27-20-35(18-8-7-11-23-9-3-1-4-10-23)30(40)29(25-12-5-2-6-13-25)37(27)28(39)21-36(38)22-33/h1-6,9-10,12-17,27,29H,7-8,11,18-22H2,(H,34,41)/t27-,29-/m0/s1. The normalized spacial score (nSPS) is 19.3. The SMILES string of the molecule is O=C1[C@H](c2ccccc2)N2C(=O)CN(CI)N(C(=O)NCc3ccc(F)cc3)[C@H]2CN1CCCCc1ccccc1. The van der Waals surface area contributed by atoms with E-state index in [9.17, 15) is 18.8 Å². The van der Waals surface area contributed by atoms with E-state index in [2.05, 4.69) is 40.0 Å². The molecular formula is C31H33FIN5O3. The average Bonchev–Trinajstić information content (AvgIpc) is 3.00. The van der Waals surface area contributed by atoms with Crippen LogP contribution in [0.4, 0.5) is 9.18 Å². The number of unbranched alkanes of at least 4 members (excludes halogenated alkanes) is 1. The summed E-state index contributed by atoms with van der Waals surface area (Å²) in [6, 6.07) is 24.3. The number of hydrogen-bond donors (Lipinski definition) is 1. The predicted molar refractivity (Wildman–Crippen MR) is 162 cm³/mol. The number of alkyl halides is 1. The fourth-order valence-corrected chi connectivity index (χ4v) is 6.06. The number of nitrogens with one attached hydrogen (secondary N) is 1. The summed E-state index contributed by atoms with van der Waals surface area (Å²) in [7, 11) is 0. The van der Waals surface area contributed by atoms with Crippen molar-refractivity contribution >= 4 is 40.4 Å². The van der Waals surface area contributed by atoms with E-state index in [4.69, 9.17) is 0 Å². The fraction of sp³-hybridized carbons (Fsp3) is 0.323. The fourth-order valence-electron chi connectivity index (χ4n) is 5.49. The van der Waals surface area contributed by atoms with E-state index in [0.29, 0.717) is 11.1 Å². The summed E-state index contributed by atoms with van der Waals surface area (Å²) in [6.07, 6.45) is 1.96. The zero-order valence-electron chi connectivity index (χ0n) is 22.7. The molecule has 3 aromatic carbocycles. The number of hydrazine groups is 1. The third-order valence-electron chi connectivity index (χ3n) is 7.53. The van der Waals surface area contributed by atoms with Crippen LogP contribution in [0.1, 0.15) is 35.6 Å². The molecule has 8 nitrogen and oxygen atoms in total. The van der Waals surface area contributed by atoms with Gasteiger partial charge in [0.05, 0.1) is 17.6 Å². The minimum absolute atomic E-state index is 0.0168. The summed E-state index contributed by atoms with van der Waals surface area (Å²) in [5.41, 5.74) is 2.73. The molecule has 2 aliphatic heterocycles. The Labute approximate surface area is 253 Å². The second-order valence-electron chi connectivity index (χ2n) is 10.2. The molecule has 0 spiro atoms. The highest BCUT2D eigenvalue weighted by Crippen LogP contribution is 2.35. The number of carbonyl (C=O) groups excluding carboxylic acids is 3. The highest BCUT2D eigenvalue weighted by molar-refractivity contribution is 14.1. The Kier molecular flexibility index (Phi) is 9.50. The van der Waals surface area contributed by atoms with Crippen LogP contribution in [0, 0.1) is 5.82 Å². The Bertz CT molecular complexity index is 1340. The maximum absolute atomic E-state index is 13.9. The highest BCUT2D eigenvalue weighted by atomic mass is 127. The maximum atomic E-state index is 13.9. The van der Waals surface area contributed by atoms with Crippen molar-refractivity contribution in [1.82, 2.24) is 25.1 Å². The van der Waals surface area contributed by atoms with E-state index in [1.54, 1.807) is 32.0 Å². The second-order valence-corrected chi connectivity index (χ2v) is 10.9. The number of nitrogens with zero attached hydrogens (tertiary/aromatic N) is 4. The van der Waals surface area contributed by atoms with Crippen molar-refractivity contribution in [2.24, 2.45) is 0 Å². The topological polar surface area (TPSA) is 76.2 Å². The molecule has 41 heavy (non-hydrogen) atoms. The average molecular weight is 670 g/mol. The maximum Gasteiger partial charge on any atom is 0.334 e. The molecule has 214 valence electrons. The zero-order valence-corrected chi connectivity index (χ0v) is 24.8. The summed E-state index contributed by atoms with van der Waals surface area (Å²) in [5.74, 6) is -0.667. The van der Waals surface area contributed by atoms with Gasteiger partial charge in [0.2, 0.25) is 11.8 Å². The number of carbonyl (C=O) groups is 3. The van der Waals surface area contributed by atoms with E-state index in [1.165, 1.54) is 17.7 Å². The highest BCUT2D eigenvalue weighted by Gasteiger charge is 2.51. The minimum atomic E-state index is -0.819. The number of rotatable bonds is 9. The van der Waals surface area contributed by atoms with E-state index in [1.807, 2.05) is 48.5 Å². The summed E-state index contributed by atoms with van der Waals surface area (Å²) in [4.78, 5) is 44.5. The molecule has 0 aliphatic carbocycles. The molecule has 0 saturated carbocycles. The van der Waals surface area contributed by atoms with E-state index < -0.39 is 12.2 Å². The van der Waals surface area contributed by atoms with Crippen molar-refractivity contribution in [2.45, 2.75) is 38.0 Å². The van der Waals surface area contributed by atoms with Crippen LogP contribution in [0.2, 0.25) is 0 Å². The quantitative estimate of drug-likeness (QED) is 0.155. The Balaban J connectivity index is 1.38. The minimum Gasteiger partial charge on any atom is -0.337 e. The first-order valence-electron chi connectivity index (χ1n) is 13.8. The lowest BCUT2D eigenvalue weighted by atomic mass is 9.98. The Hall–Kier alpha value is -3.51. The third kappa shape index (κ3) is 6.70. The van der Waals surface area contributed by atoms with Gasteiger partial charge in [-0.1, -0.05) is 95.4 Å². The third-order valence-corrected chi connectivity index (χ3v) is 8.31. The first kappa shape index (κ1) is 29.0. The van der Waals surface area contributed by atoms with Crippen LogP contribution in [-0.4, -0.2) is 68.0 Å². The van der Waals surface area contributed by atoms with Crippen LogP contribution in [0.5, 0.6) is 0 Å². The molecule has 4 amide bonds. The van der Waals surface area contributed by atoms with Crippen LogP contribution in [0.25, 0.3) is 0 Å². The number of benzene rings is 3. The van der Waals surface area contributed by atoms with Crippen molar-refractivity contribution in [3.63, 3.8) is 0 Å². The first-order chi connectivity index (χ1) is 20.0. The summed E-state index contributed by atoms with van der Waals surface area (Å²) in [5, 5.41) is 6.23. The van der Waals surface area contributed by atoms with Crippen molar-refractivity contribution in [3.05, 3.63) is 107 Å². The number of hydrogen-bond acceptors (Lipinski definition) is 4. The largest absolute Gasteiger partial charge is 0.337 e. The predicted octanol–water partition coefficient (Wildman–Crippen LogP) is 4.72. The monoisotopic (exact) mass is 669 g/mol. The van der Waals surface area contributed by atoms with Crippen LogP contribution < -0.4 is 5.32 Å². The van der Waals surface area contributed by atoms with Gasteiger partial charge in [0.25, 0.3) is 0 Å². The van der Waals surface area contributed by atoms with E-state index in [-0.39, 0.29) is 43.3 Å². The van der Waals surface area contributed by atoms with Crippen LogP contribution >= 0.6 is 22.6 Å². The summed E-state index contributed by atoms with van der Waals surface area (Å²) in [6.45, 7) is 0.936. The summed E-state index contributed by atoms with van der Waals surface area (Å²) >= 11 is 2.14. The number of piperazine rings is 1. The van der Waals surface area contributed by atoms with Crippen molar-refractivity contribution < 1.29 is 18.8 Å². The Morgan fingerprint density at radius 1 is 0.902 bits per heavy atom. The van der Waals surface area contributed by atoms with Crippen LogP contribution in [0.15, 0.2) is 84.9 Å². The lowest BCUT2D eigenvalue weighted by Crippen LogP contribution is -2.74. The number of urea groups is 1. The molecule has 10 heteroatoms. The molecule has 0 bridgehead atoms. The zero-order chi connectivity index (χ0) is 28.8. The smallest absolute Gasteiger partial charge is 0.334 e. The van der Waals surface area contributed by atoms with Gasteiger partial charge < -0.3 is 15.1 Å². The van der Waals surface area contributed by atoms with Crippen molar-refractivity contribution in [3.8, 4) is 0 Å². The number of aryl methyl sites for hydroxylation is 1. The molecule has 2 heterocycles. The van der Waals surface area contributed by atoms with Crippen molar-refractivity contribution in [2.75, 3.05) is 24.2 Å². The molecule has 0 radical (unpaired) electrons. The molecule has 2 fully saturated rings. The molecule has 0 aromatic heterocycles. The van der Waals surface area contributed by atoms with Crippen LogP contribution in [0.3, 0.4) is 0 Å². The molecule has 0 unspecified atom stereocenters. The first-order valence-corrected chi connectivity index (χ1v) is 15.3. The van der Waals surface area contributed by atoms with Gasteiger partial charge in [-0.15, -0.1) is 0 Å². The lowest BCUT2D eigenvalue weighted by molar-refractivity contribution is -0.188. The van der Waals surface area contributed by atoms with Gasteiger partial charge in [-0.2, -0.15) is 5.01 Å². The van der Waals surface area contributed by atoms with Gasteiger partial charge in [-0.3, -0.25) is 9.59 Å². The van der Waals surface area contributed by atoms with E-state index >= 15 is 0 Å². The van der Waals surface area contributed by atoms with Gasteiger partial charge >= 0.3 is 6.03 Å². The number of amides is 4. The molecular weight excluding hydrogens is 636 g/mol. The van der Waals surface area contributed by atoms with Gasteiger partial charge in [-0.05, 0) is 48.1 Å². The molecule has 1 N–H and O–H groups in total. The van der Waals surface area contributed by atoms with Crippen LogP contribution in [-0.2, 0) is 22.6 Å². The second kappa shape index (κ2) is 13.4. The van der Waals surface area contributed by atoms with Gasteiger partial charge in [0.1, 0.15) is 18.0 Å². The Morgan fingerprint density at radius 3 is 2.27 bits per heavy atom. The number of fused-ring (bicyclic) bond motifs is 1. The van der Waals surface area contributed by atoms with Gasteiger partial charge in [-0.25, -0.2) is 14.2 Å². The molecule has 2 aliphatic rings. The molecule has 2 saturated heterocycles. The molecule has 3 aromatic rings.